The molecule has 0 aromatic heterocycles. The quantitative estimate of drug-likeness (QED) is 0.234. The van der Waals surface area contributed by atoms with Gasteiger partial charge in [-0.25, -0.2) is 12.0 Å². The van der Waals surface area contributed by atoms with Gasteiger partial charge >= 0.3 is 29.6 Å². The monoisotopic (exact) mass is 472 g/mol. The molecular formula is C27H17N2NaO3S. The van der Waals surface area contributed by atoms with Crippen molar-refractivity contribution in [2.24, 2.45) is 0 Å². The molecule has 2 aliphatic carbocycles. The van der Waals surface area contributed by atoms with Crippen LogP contribution in [0.1, 0.15) is 43.0 Å². The number of hydrogen-bond acceptors (Lipinski definition) is 6. The average molecular weight is 473 g/mol. The minimum absolute atomic E-state index is 0. The summed E-state index contributed by atoms with van der Waals surface area (Å²) in [6.45, 7) is 0. The van der Waals surface area contributed by atoms with Crippen molar-refractivity contribution in [1.82, 2.24) is 0 Å². The topological polar surface area (TPSA) is 95.2 Å². The number of rotatable bonds is 3. The molecule has 34 heavy (non-hydrogen) atoms. The number of anilines is 3. The molecule has 7 heteroatoms. The molecule has 4 aromatic rings. The van der Waals surface area contributed by atoms with Gasteiger partial charge in [-0.05, 0) is 46.9 Å². The van der Waals surface area contributed by atoms with Crippen molar-refractivity contribution in [2.75, 3.05) is 11.1 Å². The van der Waals surface area contributed by atoms with Crippen LogP contribution in [0.15, 0.2) is 77.7 Å². The Hall–Kier alpha value is -2.87. The van der Waals surface area contributed by atoms with Crippen LogP contribution in [0.4, 0.5) is 17.1 Å². The molecule has 160 valence electrons. The third kappa shape index (κ3) is 3.42. The SMILES string of the molecule is Nc1c(S[O-])cc(Nc2ccc3c(c2)Cc2ccccc2-3)c2c1C(=O)c1ccccc1C2=O.[Na+]. The van der Waals surface area contributed by atoms with Gasteiger partial charge in [0.05, 0.1) is 22.5 Å². The zero-order chi connectivity index (χ0) is 22.7. The van der Waals surface area contributed by atoms with Crippen molar-refractivity contribution in [1.29, 1.82) is 0 Å². The van der Waals surface area contributed by atoms with Gasteiger partial charge in [0.2, 0.25) is 0 Å². The minimum atomic E-state index is -0.346. The Morgan fingerprint density at radius 2 is 1.38 bits per heavy atom. The molecule has 0 radical (unpaired) electrons. The van der Waals surface area contributed by atoms with Crippen LogP contribution >= 0.6 is 12.0 Å². The smallest absolute Gasteiger partial charge is 0.795 e. The largest absolute Gasteiger partial charge is 1.00 e. The summed E-state index contributed by atoms with van der Waals surface area (Å²) in [6.07, 6.45) is 0.827. The molecule has 5 nitrogen and oxygen atoms in total. The Labute approximate surface area is 222 Å². The van der Waals surface area contributed by atoms with E-state index in [1.54, 1.807) is 30.3 Å². The first kappa shape index (κ1) is 22.9. The third-order valence-electron chi connectivity index (χ3n) is 6.36. The molecule has 2 aliphatic rings. The fourth-order valence-corrected chi connectivity index (χ4v) is 5.20. The van der Waals surface area contributed by atoms with E-state index in [4.69, 9.17) is 5.73 Å². The molecule has 0 saturated heterocycles. The second kappa shape index (κ2) is 8.73. The Morgan fingerprint density at radius 1 is 0.765 bits per heavy atom. The number of hydrogen-bond donors (Lipinski definition) is 2. The number of nitrogens with one attached hydrogen (secondary N) is 1. The van der Waals surface area contributed by atoms with Gasteiger partial charge in [-0.2, -0.15) is 0 Å². The first-order valence-electron chi connectivity index (χ1n) is 10.5. The second-order valence-electron chi connectivity index (χ2n) is 8.20. The normalized spacial score (nSPS) is 12.9. The number of nitrogens with two attached hydrogens (primary N) is 1. The first-order valence-corrected chi connectivity index (χ1v) is 11.2. The van der Waals surface area contributed by atoms with Crippen LogP contribution in [-0.4, -0.2) is 16.1 Å². The van der Waals surface area contributed by atoms with Gasteiger partial charge in [0.1, 0.15) is 0 Å². The Bertz CT molecular complexity index is 1520. The molecule has 0 amide bonds. The van der Waals surface area contributed by atoms with Crippen molar-refractivity contribution < 1.29 is 43.7 Å². The molecule has 0 atom stereocenters. The summed E-state index contributed by atoms with van der Waals surface area (Å²) in [7, 11) is 0. The molecule has 0 spiro atoms. The summed E-state index contributed by atoms with van der Waals surface area (Å²) in [4.78, 5) is 26.9. The van der Waals surface area contributed by atoms with Crippen LogP contribution in [0.2, 0.25) is 0 Å². The average Bonchev–Trinajstić information content (AvgIpc) is 3.21. The number of carbonyl (C=O) groups excluding carboxylic acids is 2. The van der Waals surface area contributed by atoms with Crippen molar-refractivity contribution in [3.05, 3.63) is 106 Å². The number of carbonyl (C=O) groups is 2. The summed E-state index contributed by atoms with van der Waals surface area (Å²) in [6, 6.07) is 22.6. The van der Waals surface area contributed by atoms with Gasteiger partial charge in [-0.3, -0.25) is 9.59 Å². The summed E-state index contributed by atoms with van der Waals surface area (Å²) in [5.74, 6) is -0.633. The summed E-state index contributed by atoms with van der Waals surface area (Å²) < 4.78 is 11.8. The molecule has 3 N–H and O–H groups in total. The van der Waals surface area contributed by atoms with E-state index in [1.165, 1.54) is 22.3 Å². The molecule has 4 aromatic carbocycles. The van der Waals surface area contributed by atoms with Gasteiger partial charge in [0.25, 0.3) is 0 Å². The van der Waals surface area contributed by atoms with Gasteiger partial charge in [0, 0.05) is 21.7 Å². The summed E-state index contributed by atoms with van der Waals surface area (Å²) >= 11 is 0.211. The molecule has 0 heterocycles. The summed E-state index contributed by atoms with van der Waals surface area (Å²) in [5.41, 5.74) is 13.2. The Morgan fingerprint density at radius 3 is 2.09 bits per heavy atom. The summed E-state index contributed by atoms with van der Waals surface area (Å²) in [5, 5.41) is 3.29. The van der Waals surface area contributed by atoms with Crippen LogP contribution in [0.25, 0.3) is 11.1 Å². The first-order chi connectivity index (χ1) is 16.1. The molecule has 0 fully saturated rings. The van der Waals surface area contributed by atoms with E-state index in [0.29, 0.717) is 16.8 Å². The molecular weight excluding hydrogens is 455 g/mol. The number of nitrogen functional groups attached to an aromatic ring is 1. The fraction of sp³-hybridized carbons (Fsp3) is 0.0370. The van der Waals surface area contributed by atoms with Gasteiger partial charge in [-0.15, -0.1) is 0 Å². The van der Waals surface area contributed by atoms with Crippen molar-refractivity contribution >= 4 is 40.7 Å². The second-order valence-corrected chi connectivity index (χ2v) is 8.81. The molecule has 0 bridgehead atoms. The fourth-order valence-electron chi connectivity index (χ4n) is 4.84. The van der Waals surface area contributed by atoms with E-state index in [9.17, 15) is 14.1 Å². The predicted molar refractivity (Wildman–Crippen MR) is 129 cm³/mol. The van der Waals surface area contributed by atoms with Gasteiger partial charge in [-0.1, -0.05) is 54.6 Å². The van der Waals surface area contributed by atoms with Crippen LogP contribution in [0.5, 0.6) is 0 Å². The third-order valence-corrected chi connectivity index (χ3v) is 6.88. The molecule has 0 unspecified atom stereocenters. The van der Waals surface area contributed by atoms with E-state index in [0.717, 1.165) is 12.1 Å². The van der Waals surface area contributed by atoms with Crippen LogP contribution in [0.3, 0.4) is 0 Å². The van der Waals surface area contributed by atoms with E-state index in [2.05, 4.69) is 23.5 Å². The van der Waals surface area contributed by atoms with E-state index >= 15 is 0 Å². The minimum Gasteiger partial charge on any atom is -0.795 e. The zero-order valence-corrected chi connectivity index (χ0v) is 21.2. The number of benzene rings is 4. The predicted octanol–water partition coefficient (Wildman–Crippen LogP) is 2.59. The Kier molecular flexibility index (Phi) is 5.88. The molecule has 6 rings (SSSR count). The maximum Gasteiger partial charge on any atom is 1.00 e. The van der Waals surface area contributed by atoms with Crippen molar-refractivity contribution in [2.45, 2.75) is 11.3 Å². The van der Waals surface area contributed by atoms with Crippen molar-refractivity contribution in [3.63, 3.8) is 0 Å². The zero-order valence-electron chi connectivity index (χ0n) is 18.3. The van der Waals surface area contributed by atoms with Crippen molar-refractivity contribution in [3.8, 4) is 11.1 Å². The van der Waals surface area contributed by atoms with Crippen LogP contribution in [-0.2, 0) is 6.42 Å². The van der Waals surface area contributed by atoms with Gasteiger partial charge in [0.15, 0.2) is 11.6 Å². The molecule has 0 saturated carbocycles. The number of ketones is 2. The maximum absolute atomic E-state index is 13.4. The number of fused-ring (bicyclic) bond motifs is 5. The van der Waals surface area contributed by atoms with Gasteiger partial charge < -0.3 is 15.6 Å². The van der Waals surface area contributed by atoms with E-state index in [-0.39, 0.29) is 74.9 Å². The maximum atomic E-state index is 13.4. The van der Waals surface area contributed by atoms with E-state index < -0.39 is 0 Å². The molecule has 0 aliphatic heterocycles. The van der Waals surface area contributed by atoms with Crippen LogP contribution in [0, 0.1) is 0 Å². The Balaban J connectivity index is 0.00000241. The standard InChI is InChI=1S/C27H18N2O3S.Na/c28-25-22(33-32)13-21(23-24(25)27(31)20-8-4-3-7-19(20)26(23)30)29-16-9-10-18-15(12-16)11-14-5-1-2-6-17(14)18;/h1-10,12-13,29,32H,11,28H2;/q;+1/p-1. The van der Waals surface area contributed by atoms with Crippen LogP contribution < -0.4 is 40.6 Å². The van der Waals surface area contributed by atoms with E-state index in [1.807, 2.05) is 24.3 Å².